The quantitative estimate of drug-likeness (QED) is 0.660. The van der Waals surface area contributed by atoms with E-state index < -0.39 is 28.8 Å². The van der Waals surface area contributed by atoms with Crippen molar-refractivity contribution in [3.63, 3.8) is 0 Å². The van der Waals surface area contributed by atoms with E-state index in [2.05, 4.69) is 10.3 Å². The highest BCUT2D eigenvalue weighted by Crippen LogP contribution is 2.49. The number of ether oxygens (including phenoxy) is 2. The Hall–Kier alpha value is -2.56. The summed E-state index contributed by atoms with van der Waals surface area (Å²) in [5, 5.41) is 2.94. The number of anilines is 1. The van der Waals surface area contributed by atoms with E-state index in [1.807, 2.05) is 4.90 Å². The number of alkyl carbamates (subject to hydrolysis) is 1. The Balaban J connectivity index is 1.42. The average molecular weight is 513 g/mol. The first-order valence-electron chi connectivity index (χ1n) is 12.5. The van der Waals surface area contributed by atoms with Crippen molar-refractivity contribution in [2.75, 3.05) is 44.3 Å². The van der Waals surface area contributed by atoms with E-state index in [1.54, 1.807) is 25.7 Å². The molecule has 0 aromatic carbocycles. The first kappa shape index (κ1) is 26.5. The van der Waals surface area contributed by atoms with Crippen LogP contribution in [0.1, 0.15) is 52.0 Å². The lowest BCUT2D eigenvalue weighted by Gasteiger charge is -2.42. The highest BCUT2D eigenvalue weighted by molar-refractivity contribution is 5.84. The molecule has 36 heavy (non-hydrogen) atoms. The number of hydrogen-bond donors (Lipinski definition) is 1. The van der Waals surface area contributed by atoms with Gasteiger partial charge in [-0.2, -0.15) is 13.2 Å². The van der Waals surface area contributed by atoms with Crippen molar-refractivity contribution in [1.82, 2.24) is 15.2 Å². The maximum atomic E-state index is 13.9. The molecule has 3 atom stereocenters. The summed E-state index contributed by atoms with van der Waals surface area (Å²) in [7, 11) is 0. The van der Waals surface area contributed by atoms with Gasteiger partial charge in [-0.3, -0.25) is 4.79 Å². The van der Waals surface area contributed by atoms with E-state index in [4.69, 9.17) is 9.47 Å². The number of amides is 2. The molecular formula is C25H35F3N4O4. The van der Waals surface area contributed by atoms with Crippen molar-refractivity contribution in [2.24, 2.45) is 11.3 Å². The summed E-state index contributed by atoms with van der Waals surface area (Å²) < 4.78 is 50.4. The molecule has 11 heteroatoms. The van der Waals surface area contributed by atoms with Gasteiger partial charge in [-0.05, 0) is 64.5 Å². The topological polar surface area (TPSA) is 84.0 Å². The molecular weight excluding hydrogens is 477 g/mol. The Labute approximate surface area is 209 Å². The van der Waals surface area contributed by atoms with Crippen LogP contribution in [0.2, 0.25) is 0 Å². The third-order valence-electron chi connectivity index (χ3n) is 7.37. The fraction of sp³-hybridized carbons (Fsp3) is 0.720. The van der Waals surface area contributed by atoms with E-state index in [9.17, 15) is 22.8 Å². The fourth-order valence-corrected chi connectivity index (χ4v) is 5.60. The van der Waals surface area contributed by atoms with Gasteiger partial charge in [0.25, 0.3) is 0 Å². The van der Waals surface area contributed by atoms with Crippen molar-refractivity contribution in [2.45, 2.75) is 64.3 Å². The molecule has 8 nitrogen and oxygen atoms in total. The first-order chi connectivity index (χ1) is 16.9. The number of pyridine rings is 1. The molecule has 2 amide bonds. The van der Waals surface area contributed by atoms with Crippen molar-refractivity contribution < 1.29 is 32.2 Å². The predicted octanol–water partition coefficient (Wildman–Crippen LogP) is 3.85. The molecule has 1 aliphatic carbocycles. The van der Waals surface area contributed by atoms with Gasteiger partial charge in [0.2, 0.25) is 5.91 Å². The smallest absolute Gasteiger partial charge is 0.416 e. The number of piperazine rings is 1. The summed E-state index contributed by atoms with van der Waals surface area (Å²) in [5.74, 6) is 0.375. The number of rotatable bonds is 4. The first-order valence-corrected chi connectivity index (χ1v) is 12.5. The molecule has 3 aliphatic rings. The van der Waals surface area contributed by atoms with Crippen LogP contribution in [-0.4, -0.2) is 72.9 Å². The van der Waals surface area contributed by atoms with Gasteiger partial charge in [-0.1, -0.05) is 0 Å². The summed E-state index contributed by atoms with van der Waals surface area (Å²) in [6, 6.07) is 1.84. The number of carbonyl (C=O) groups excluding carboxylic acids is 2. The van der Waals surface area contributed by atoms with Crippen LogP contribution in [0.4, 0.5) is 23.8 Å². The molecule has 0 spiro atoms. The SMILES string of the molecule is CC(C)(C)OC(=O)N[C@@H]1CCC(C(=O)N2CCN(c3cc(C(F)(F)F)ccn3)CC2)([C@@H]2CCOC2)C1. The minimum Gasteiger partial charge on any atom is -0.444 e. The van der Waals surface area contributed by atoms with E-state index in [0.29, 0.717) is 58.7 Å². The Morgan fingerprint density at radius 3 is 2.50 bits per heavy atom. The van der Waals surface area contributed by atoms with Crippen molar-refractivity contribution in [1.29, 1.82) is 0 Å². The summed E-state index contributed by atoms with van der Waals surface area (Å²) in [6.45, 7) is 8.14. The lowest BCUT2D eigenvalue weighted by atomic mass is 9.72. The number of aromatic nitrogens is 1. The molecule has 4 rings (SSSR count). The number of alkyl halides is 3. The molecule has 3 heterocycles. The maximum absolute atomic E-state index is 13.9. The third kappa shape index (κ3) is 5.87. The second kappa shape index (κ2) is 10.1. The zero-order valence-electron chi connectivity index (χ0n) is 21.1. The number of carbonyl (C=O) groups is 2. The summed E-state index contributed by atoms with van der Waals surface area (Å²) in [5.41, 5.74) is -1.98. The molecule has 1 unspecified atom stereocenters. The molecule has 0 bridgehead atoms. The van der Waals surface area contributed by atoms with Gasteiger partial charge in [0.05, 0.1) is 17.6 Å². The summed E-state index contributed by atoms with van der Waals surface area (Å²) >= 11 is 0. The Kier molecular flexibility index (Phi) is 7.41. The number of halogens is 3. The van der Waals surface area contributed by atoms with Crippen LogP contribution >= 0.6 is 0 Å². The Bertz CT molecular complexity index is 953. The molecule has 1 aromatic rings. The van der Waals surface area contributed by atoms with Crippen molar-refractivity contribution in [3.05, 3.63) is 23.9 Å². The number of nitrogens with zero attached hydrogens (tertiary/aromatic N) is 3. The van der Waals surface area contributed by atoms with Gasteiger partial charge in [0.1, 0.15) is 11.4 Å². The van der Waals surface area contributed by atoms with E-state index in [-0.39, 0.29) is 23.7 Å². The van der Waals surface area contributed by atoms with Gasteiger partial charge in [-0.15, -0.1) is 0 Å². The van der Waals surface area contributed by atoms with Gasteiger partial charge >= 0.3 is 12.3 Å². The van der Waals surface area contributed by atoms with Crippen LogP contribution in [-0.2, 0) is 20.4 Å². The number of nitrogens with one attached hydrogen (secondary N) is 1. The van der Waals surface area contributed by atoms with Crippen LogP contribution in [0.5, 0.6) is 0 Å². The zero-order chi connectivity index (χ0) is 26.1. The molecule has 1 N–H and O–H groups in total. The van der Waals surface area contributed by atoms with E-state index in [0.717, 1.165) is 18.6 Å². The molecule has 2 aliphatic heterocycles. The molecule has 3 fully saturated rings. The average Bonchev–Trinajstić information content (AvgIpc) is 3.48. The van der Waals surface area contributed by atoms with Crippen molar-refractivity contribution >= 4 is 17.8 Å². The van der Waals surface area contributed by atoms with Crippen LogP contribution in [0.25, 0.3) is 0 Å². The highest BCUT2D eigenvalue weighted by Gasteiger charge is 2.53. The lowest BCUT2D eigenvalue weighted by Crippen LogP contribution is -2.55. The summed E-state index contributed by atoms with van der Waals surface area (Å²) in [6.07, 6.45) is -1.11. The van der Waals surface area contributed by atoms with Gasteiger partial charge < -0.3 is 24.6 Å². The van der Waals surface area contributed by atoms with Crippen LogP contribution in [0, 0.1) is 11.3 Å². The van der Waals surface area contributed by atoms with Crippen LogP contribution in [0.3, 0.4) is 0 Å². The zero-order valence-corrected chi connectivity index (χ0v) is 21.1. The van der Waals surface area contributed by atoms with E-state index >= 15 is 0 Å². The Morgan fingerprint density at radius 1 is 1.17 bits per heavy atom. The standard InChI is InChI=1S/C25H35F3N4O4/c1-23(2,3)36-22(34)30-19-4-7-24(15-19,18-6-13-35-16-18)21(33)32-11-9-31(10-12-32)20-14-17(5-8-29-20)25(26,27)28/h5,8,14,18-19H,4,6-7,9-13,15-16H2,1-3H3,(H,30,34)/t18-,19-,24?/m1/s1. The molecule has 200 valence electrons. The second-order valence-electron chi connectivity index (χ2n) is 11.0. The normalized spacial score (nSPS) is 27.3. The van der Waals surface area contributed by atoms with Crippen molar-refractivity contribution in [3.8, 4) is 0 Å². The molecule has 0 radical (unpaired) electrons. The predicted molar refractivity (Wildman–Crippen MR) is 126 cm³/mol. The molecule has 1 aromatic heterocycles. The minimum absolute atomic E-state index is 0.0446. The monoisotopic (exact) mass is 512 g/mol. The van der Waals surface area contributed by atoms with Gasteiger partial charge in [-0.25, -0.2) is 9.78 Å². The second-order valence-corrected chi connectivity index (χ2v) is 11.0. The summed E-state index contributed by atoms with van der Waals surface area (Å²) in [4.78, 5) is 34.0. The number of hydrogen-bond acceptors (Lipinski definition) is 6. The van der Waals surface area contributed by atoms with Gasteiger partial charge in [0.15, 0.2) is 0 Å². The van der Waals surface area contributed by atoms with Gasteiger partial charge in [0, 0.05) is 45.0 Å². The lowest BCUT2D eigenvalue weighted by molar-refractivity contribution is -0.146. The Morgan fingerprint density at radius 2 is 1.89 bits per heavy atom. The highest BCUT2D eigenvalue weighted by atomic mass is 19.4. The third-order valence-corrected chi connectivity index (χ3v) is 7.37. The largest absolute Gasteiger partial charge is 0.444 e. The molecule has 2 saturated heterocycles. The van der Waals surface area contributed by atoms with E-state index in [1.165, 1.54) is 6.20 Å². The van der Waals surface area contributed by atoms with Crippen LogP contribution in [0.15, 0.2) is 18.3 Å². The molecule has 1 saturated carbocycles. The maximum Gasteiger partial charge on any atom is 0.416 e. The minimum atomic E-state index is -4.43. The van der Waals surface area contributed by atoms with Crippen LogP contribution < -0.4 is 10.2 Å². The fourth-order valence-electron chi connectivity index (χ4n) is 5.60.